The van der Waals surface area contributed by atoms with Crippen LogP contribution >= 0.6 is 22.9 Å². The fraction of sp³-hybridized carbons (Fsp3) is 0.238. The van der Waals surface area contributed by atoms with Gasteiger partial charge in [-0.3, -0.25) is 0 Å². The largest absolute Gasteiger partial charge is 0.550 e. The highest BCUT2D eigenvalue weighted by Gasteiger charge is 2.16. The van der Waals surface area contributed by atoms with Gasteiger partial charge in [-0.25, -0.2) is 4.98 Å². The Bertz CT molecular complexity index is 1030. The third-order valence-corrected chi connectivity index (χ3v) is 5.73. The van der Waals surface area contributed by atoms with Crippen molar-refractivity contribution in [1.29, 1.82) is 0 Å². The van der Waals surface area contributed by atoms with Crippen molar-refractivity contribution in [2.24, 2.45) is 0 Å². The molecule has 0 saturated carbocycles. The van der Waals surface area contributed by atoms with E-state index in [-0.39, 0.29) is 6.42 Å². The molecule has 7 heteroatoms. The molecule has 28 heavy (non-hydrogen) atoms. The van der Waals surface area contributed by atoms with E-state index in [2.05, 4.69) is 4.98 Å². The van der Waals surface area contributed by atoms with Gasteiger partial charge in [-0.1, -0.05) is 23.7 Å². The molecule has 0 saturated heterocycles. The summed E-state index contributed by atoms with van der Waals surface area (Å²) < 4.78 is 12.5. The number of halogens is 1. The number of carboxylic acid groups (broad SMARTS) is 1. The van der Waals surface area contributed by atoms with Crippen molar-refractivity contribution in [1.82, 2.24) is 4.98 Å². The second-order valence-electron chi connectivity index (χ2n) is 6.41. The Morgan fingerprint density at radius 3 is 2.86 bits per heavy atom. The summed E-state index contributed by atoms with van der Waals surface area (Å²) in [6, 6.07) is 11.5. The number of benzene rings is 2. The molecule has 0 unspecified atom stereocenters. The maximum atomic E-state index is 11.0. The van der Waals surface area contributed by atoms with Gasteiger partial charge in [0.1, 0.15) is 5.01 Å². The van der Waals surface area contributed by atoms with Crippen LogP contribution in [0.4, 0.5) is 0 Å². The molecule has 1 aromatic heterocycles. The third kappa shape index (κ3) is 4.13. The van der Waals surface area contributed by atoms with E-state index in [1.807, 2.05) is 36.4 Å². The second-order valence-corrected chi connectivity index (χ2v) is 7.85. The lowest BCUT2D eigenvalue weighted by molar-refractivity contribution is -0.305. The predicted molar refractivity (Wildman–Crippen MR) is 109 cm³/mol. The molecule has 1 aliphatic heterocycles. The van der Waals surface area contributed by atoms with Crippen LogP contribution in [-0.4, -0.2) is 24.2 Å². The molecule has 3 aromatic rings. The first-order valence-electron chi connectivity index (χ1n) is 8.95. The van der Waals surface area contributed by atoms with Gasteiger partial charge in [-0.15, -0.1) is 11.3 Å². The average Bonchev–Trinajstić information content (AvgIpc) is 2.95. The Hall–Kier alpha value is -2.57. The van der Waals surface area contributed by atoms with Crippen molar-refractivity contribution in [2.45, 2.75) is 19.3 Å². The lowest BCUT2D eigenvalue weighted by Crippen LogP contribution is -2.21. The summed E-state index contributed by atoms with van der Waals surface area (Å²) in [6.45, 7) is 1.12. The first-order chi connectivity index (χ1) is 13.6. The minimum atomic E-state index is -1.09. The van der Waals surface area contributed by atoms with E-state index in [1.54, 1.807) is 6.07 Å². The molecule has 0 spiro atoms. The molecule has 144 valence electrons. The van der Waals surface area contributed by atoms with Crippen molar-refractivity contribution in [2.75, 3.05) is 13.2 Å². The maximum Gasteiger partial charge on any atom is 0.179 e. The number of fused-ring (bicyclic) bond motifs is 2. The van der Waals surface area contributed by atoms with E-state index in [0.29, 0.717) is 36.2 Å². The van der Waals surface area contributed by atoms with E-state index in [4.69, 9.17) is 21.1 Å². The molecule has 0 fully saturated rings. The number of aliphatic carboxylic acids is 1. The number of nitrogens with zero attached hydrogens (tertiary/aromatic N) is 1. The van der Waals surface area contributed by atoms with Gasteiger partial charge in [0, 0.05) is 12.4 Å². The fourth-order valence-corrected chi connectivity index (χ4v) is 4.31. The van der Waals surface area contributed by atoms with Crippen LogP contribution in [0.2, 0.25) is 5.02 Å². The molecule has 0 amide bonds. The Balaban J connectivity index is 1.75. The monoisotopic (exact) mass is 414 g/mol. The van der Waals surface area contributed by atoms with Crippen LogP contribution in [0.3, 0.4) is 0 Å². The zero-order chi connectivity index (χ0) is 19.5. The van der Waals surface area contributed by atoms with Crippen LogP contribution in [0.15, 0.2) is 36.4 Å². The van der Waals surface area contributed by atoms with Gasteiger partial charge >= 0.3 is 0 Å². The molecule has 0 bridgehead atoms. The molecular weight excluding hydrogens is 398 g/mol. The van der Waals surface area contributed by atoms with Crippen LogP contribution in [0.25, 0.3) is 21.9 Å². The number of ether oxygens (including phenoxy) is 2. The Morgan fingerprint density at radius 2 is 2.04 bits per heavy atom. The predicted octanol–water partition coefficient (Wildman–Crippen LogP) is 4.18. The number of carboxylic acids is 1. The number of thiazole rings is 1. The Morgan fingerprint density at radius 1 is 1.21 bits per heavy atom. The Kier molecular flexibility index (Phi) is 5.50. The summed E-state index contributed by atoms with van der Waals surface area (Å²) in [6.07, 6.45) is 2.92. The van der Waals surface area contributed by atoms with E-state index in [0.717, 1.165) is 32.8 Å². The van der Waals surface area contributed by atoms with Crippen LogP contribution < -0.4 is 14.6 Å². The van der Waals surface area contributed by atoms with Crippen LogP contribution in [0, 0.1) is 0 Å². The molecule has 0 atom stereocenters. The summed E-state index contributed by atoms with van der Waals surface area (Å²) in [5.74, 6) is 0.0519. The number of carbonyl (C=O) groups is 1. The number of aromatic nitrogens is 1. The fourth-order valence-electron chi connectivity index (χ4n) is 3.02. The molecule has 2 aromatic carbocycles. The topological polar surface area (TPSA) is 71.5 Å². The molecule has 4 rings (SSSR count). The summed E-state index contributed by atoms with van der Waals surface area (Å²) in [4.78, 5) is 15.7. The number of para-hydroxylation sites is 1. The van der Waals surface area contributed by atoms with Crippen LogP contribution in [0.5, 0.6) is 11.5 Å². The quantitative estimate of drug-likeness (QED) is 0.626. The molecule has 2 heterocycles. The number of rotatable bonds is 5. The third-order valence-electron chi connectivity index (χ3n) is 4.33. The number of carbonyl (C=O) groups excluding carboxylic acids is 1. The average molecular weight is 415 g/mol. The minimum absolute atomic E-state index is 0.0833. The maximum absolute atomic E-state index is 11.0. The van der Waals surface area contributed by atoms with Gasteiger partial charge in [-0.05, 0) is 54.3 Å². The molecule has 0 N–H and O–H groups in total. The van der Waals surface area contributed by atoms with Crippen LogP contribution in [0.1, 0.15) is 29.8 Å². The number of allylic oxidation sites excluding steroid dienone is 1. The highest BCUT2D eigenvalue weighted by atomic mass is 35.5. The highest BCUT2D eigenvalue weighted by Crippen LogP contribution is 2.39. The summed E-state index contributed by atoms with van der Waals surface area (Å²) in [5, 5.41) is 12.3. The molecular formula is C21H17ClNO4S-. The van der Waals surface area contributed by atoms with Gasteiger partial charge in [-0.2, -0.15) is 0 Å². The van der Waals surface area contributed by atoms with E-state index < -0.39 is 5.97 Å². The first-order valence-corrected chi connectivity index (χ1v) is 10.1. The van der Waals surface area contributed by atoms with Gasteiger partial charge in [0.05, 0.1) is 28.5 Å². The smallest absolute Gasteiger partial charge is 0.179 e. The molecule has 5 nitrogen and oxygen atoms in total. The first kappa shape index (κ1) is 18.8. The van der Waals surface area contributed by atoms with Gasteiger partial charge in [0.25, 0.3) is 0 Å². The van der Waals surface area contributed by atoms with Crippen molar-refractivity contribution in [3.8, 4) is 11.5 Å². The normalized spacial score (nSPS) is 14.1. The standard InChI is InChI=1S/C21H18ClNO4S/c22-15-11-13(12-17-20(15)27-9-3-8-26-17)10-14(6-7-19(24)25)21-23-16-4-1-2-5-18(16)28-21/h1-2,4-5,10-12H,3,6-9H2,(H,24,25)/p-1/b14-10+. The van der Waals surface area contributed by atoms with E-state index >= 15 is 0 Å². The minimum Gasteiger partial charge on any atom is -0.550 e. The Labute approximate surface area is 171 Å². The van der Waals surface area contributed by atoms with Crippen molar-refractivity contribution in [3.05, 3.63) is 52.0 Å². The van der Waals surface area contributed by atoms with Crippen molar-refractivity contribution >= 4 is 50.8 Å². The van der Waals surface area contributed by atoms with Gasteiger partial charge in [0.2, 0.25) is 0 Å². The van der Waals surface area contributed by atoms with Gasteiger partial charge < -0.3 is 19.4 Å². The lowest BCUT2D eigenvalue weighted by Gasteiger charge is -2.11. The van der Waals surface area contributed by atoms with Crippen molar-refractivity contribution < 1.29 is 19.4 Å². The van der Waals surface area contributed by atoms with E-state index in [1.165, 1.54) is 11.3 Å². The molecule has 1 aliphatic rings. The molecule has 0 radical (unpaired) electrons. The van der Waals surface area contributed by atoms with Gasteiger partial charge in [0.15, 0.2) is 11.5 Å². The highest BCUT2D eigenvalue weighted by molar-refractivity contribution is 7.19. The SMILES string of the molecule is O=C([O-])CC/C(=C\c1cc(Cl)c2c(c1)OCCCO2)c1nc2ccccc2s1. The zero-order valence-corrected chi connectivity index (χ0v) is 16.5. The number of hydrogen-bond acceptors (Lipinski definition) is 6. The lowest BCUT2D eigenvalue weighted by atomic mass is 10.1. The summed E-state index contributed by atoms with van der Waals surface area (Å²) >= 11 is 7.92. The van der Waals surface area contributed by atoms with Crippen LogP contribution in [-0.2, 0) is 4.79 Å². The zero-order valence-electron chi connectivity index (χ0n) is 14.9. The van der Waals surface area contributed by atoms with E-state index in [9.17, 15) is 9.90 Å². The second kappa shape index (κ2) is 8.20. The molecule has 0 aliphatic carbocycles. The summed E-state index contributed by atoms with van der Waals surface area (Å²) in [5.41, 5.74) is 2.51. The summed E-state index contributed by atoms with van der Waals surface area (Å²) in [7, 11) is 0. The van der Waals surface area contributed by atoms with Crippen molar-refractivity contribution in [3.63, 3.8) is 0 Å². The number of hydrogen-bond donors (Lipinski definition) is 0.